The van der Waals surface area contributed by atoms with E-state index >= 15 is 0 Å². The van der Waals surface area contributed by atoms with Crippen molar-refractivity contribution < 1.29 is 4.74 Å². The third-order valence-electron chi connectivity index (χ3n) is 2.61. The fourth-order valence-electron chi connectivity index (χ4n) is 1.68. The molecule has 0 saturated heterocycles. The molecule has 3 nitrogen and oxygen atoms in total. The number of hydrogen-bond donors (Lipinski definition) is 2. The quantitative estimate of drug-likeness (QED) is 0.639. The summed E-state index contributed by atoms with van der Waals surface area (Å²) in [6.07, 6.45) is 0. The highest BCUT2D eigenvalue weighted by Gasteiger charge is 2.07. The lowest BCUT2D eigenvalue weighted by molar-refractivity contribution is 0.482. The molecule has 0 aliphatic carbocycles. The molecule has 98 valence electrons. The van der Waals surface area contributed by atoms with Crippen LogP contribution in [-0.4, -0.2) is 5.84 Å². The largest absolute Gasteiger partial charge is 0.456 e. The number of nitrogens with two attached hydrogens (primary N) is 1. The van der Waals surface area contributed by atoms with Gasteiger partial charge in [-0.25, -0.2) is 0 Å². The maximum atomic E-state index is 7.44. The topological polar surface area (TPSA) is 59.1 Å². The second-order valence-corrected chi connectivity index (χ2v) is 5.39. The molecule has 2 rings (SSSR count). The highest BCUT2D eigenvalue weighted by atomic mass is 79.9. The number of nitrogens with one attached hydrogen (secondary N) is 1. The molecule has 2 aromatic carbocycles. The SMILES string of the molecule is Cc1cc(Oc2cc(Br)ccc2Cl)ccc1C(=N)N. The molecule has 0 bridgehead atoms. The van der Waals surface area contributed by atoms with Gasteiger partial charge in [-0.3, -0.25) is 5.41 Å². The van der Waals surface area contributed by atoms with Crippen LogP contribution in [0.4, 0.5) is 0 Å². The molecule has 0 saturated carbocycles. The Bertz CT molecular complexity index is 643. The number of amidine groups is 1. The van der Waals surface area contributed by atoms with Crippen LogP contribution in [0.1, 0.15) is 11.1 Å². The molecule has 0 amide bonds. The highest BCUT2D eigenvalue weighted by Crippen LogP contribution is 2.32. The van der Waals surface area contributed by atoms with E-state index in [9.17, 15) is 0 Å². The molecule has 0 atom stereocenters. The summed E-state index contributed by atoms with van der Waals surface area (Å²) in [5, 5.41) is 7.98. The van der Waals surface area contributed by atoms with Crippen LogP contribution in [0.5, 0.6) is 11.5 Å². The second kappa shape index (κ2) is 5.63. The van der Waals surface area contributed by atoms with Crippen molar-refractivity contribution in [1.29, 1.82) is 5.41 Å². The number of hydrogen-bond acceptors (Lipinski definition) is 2. The van der Waals surface area contributed by atoms with Gasteiger partial charge in [0.05, 0.1) is 5.02 Å². The monoisotopic (exact) mass is 338 g/mol. The number of aryl methyl sites for hydroxylation is 1. The molecule has 0 aromatic heterocycles. The molecule has 0 aliphatic rings. The van der Waals surface area contributed by atoms with Crippen LogP contribution < -0.4 is 10.5 Å². The Kier molecular flexibility index (Phi) is 4.12. The predicted octanol–water partition coefficient (Wildman–Crippen LogP) is 4.49. The molecule has 0 fully saturated rings. The lowest BCUT2D eigenvalue weighted by Crippen LogP contribution is -2.12. The van der Waals surface area contributed by atoms with E-state index in [0.29, 0.717) is 22.1 Å². The van der Waals surface area contributed by atoms with Gasteiger partial charge in [0.15, 0.2) is 0 Å². The summed E-state index contributed by atoms with van der Waals surface area (Å²) < 4.78 is 6.62. The minimum Gasteiger partial charge on any atom is -0.456 e. The molecule has 0 heterocycles. The van der Waals surface area contributed by atoms with Gasteiger partial charge in [-0.05, 0) is 48.9 Å². The lowest BCUT2D eigenvalue weighted by Gasteiger charge is -2.10. The van der Waals surface area contributed by atoms with E-state index in [4.69, 9.17) is 27.5 Å². The van der Waals surface area contributed by atoms with Crippen molar-refractivity contribution in [2.75, 3.05) is 0 Å². The van der Waals surface area contributed by atoms with E-state index in [1.165, 1.54) is 0 Å². The standard InChI is InChI=1S/C14H12BrClN2O/c1-8-6-10(3-4-11(8)14(17)18)19-13-7-9(15)2-5-12(13)16/h2-7H,1H3,(H3,17,18). The molecular weight excluding hydrogens is 328 g/mol. The van der Waals surface area contributed by atoms with Gasteiger partial charge in [-0.2, -0.15) is 0 Å². The molecule has 2 aromatic rings. The molecule has 0 radical (unpaired) electrons. The van der Waals surface area contributed by atoms with Crippen molar-refractivity contribution in [3.05, 3.63) is 57.0 Å². The molecular formula is C14H12BrClN2O. The second-order valence-electron chi connectivity index (χ2n) is 4.07. The van der Waals surface area contributed by atoms with Gasteiger partial charge in [-0.15, -0.1) is 0 Å². The third kappa shape index (κ3) is 3.28. The van der Waals surface area contributed by atoms with E-state index in [0.717, 1.165) is 10.0 Å². The summed E-state index contributed by atoms with van der Waals surface area (Å²) in [5.41, 5.74) is 7.06. The fourth-order valence-corrected chi connectivity index (χ4v) is 2.18. The number of rotatable bonds is 3. The van der Waals surface area contributed by atoms with Crippen molar-refractivity contribution in [2.45, 2.75) is 6.92 Å². The van der Waals surface area contributed by atoms with Gasteiger partial charge in [0.1, 0.15) is 17.3 Å². The van der Waals surface area contributed by atoms with Crippen LogP contribution in [-0.2, 0) is 0 Å². The van der Waals surface area contributed by atoms with E-state index in [1.54, 1.807) is 24.3 Å². The number of halogens is 2. The molecule has 5 heteroatoms. The molecule has 19 heavy (non-hydrogen) atoms. The summed E-state index contributed by atoms with van der Waals surface area (Å²) >= 11 is 9.44. The van der Waals surface area contributed by atoms with Gasteiger partial charge in [0, 0.05) is 10.0 Å². The molecule has 0 aliphatic heterocycles. The normalized spacial score (nSPS) is 10.3. The highest BCUT2D eigenvalue weighted by molar-refractivity contribution is 9.10. The zero-order valence-corrected chi connectivity index (χ0v) is 12.5. The minimum atomic E-state index is 0.0459. The summed E-state index contributed by atoms with van der Waals surface area (Å²) in [5.74, 6) is 1.28. The molecule has 3 N–H and O–H groups in total. The Hall–Kier alpha value is -1.52. The first kappa shape index (κ1) is 13.9. The van der Waals surface area contributed by atoms with Gasteiger partial charge < -0.3 is 10.5 Å². The van der Waals surface area contributed by atoms with Crippen molar-refractivity contribution in [3.63, 3.8) is 0 Å². The lowest BCUT2D eigenvalue weighted by atomic mass is 10.1. The van der Waals surface area contributed by atoms with Crippen LogP contribution in [0.15, 0.2) is 40.9 Å². The summed E-state index contributed by atoms with van der Waals surface area (Å²) in [4.78, 5) is 0. The van der Waals surface area contributed by atoms with Crippen LogP contribution in [0.25, 0.3) is 0 Å². The van der Waals surface area contributed by atoms with E-state index in [-0.39, 0.29) is 5.84 Å². The van der Waals surface area contributed by atoms with Crippen molar-refractivity contribution in [2.24, 2.45) is 5.73 Å². The smallest absolute Gasteiger partial charge is 0.147 e. The van der Waals surface area contributed by atoms with Crippen LogP contribution in [0.3, 0.4) is 0 Å². The maximum Gasteiger partial charge on any atom is 0.147 e. The van der Waals surface area contributed by atoms with Gasteiger partial charge in [-0.1, -0.05) is 27.5 Å². The molecule has 0 spiro atoms. The summed E-state index contributed by atoms with van der Waals surface area (Å²) in [7, 11) is 0. The van der Waals surface area contributed by atoms with Gasteiger partial charge in [0.25, 0.3) is 0 Å². The van der Waals surface area contributed by atoms with Crippen LogP contribution in [0.2, 0.25) is 5.02 Å². The average molecular weight is 340 g/mol. The van der Waals surface area contributed by atoms with Crippen LogP contribution >= 0.6 is 27.5 Å². The Labute approximate surface area is 125 Å². The number of ether oxygens (including phenoxy) is 1. The molecule has 0 unspecified atom stereocenters. The predicted molar refractivity (Wildman–Crippen MR) is 81.4 cm³/mol. The van der Waals surface area contributed by atoms with E-state index in [1.807, 2.05) is 19.1 Å². The van der Waals surface area contributed by atoms with E-state index < -0.39 is 0 Å². The maximum absolute atomic E-state index is 7.44. The first-order valence-electron chi connectivity index (χ1n) is 5.55. The Morgan fingerprint density at radius 2 is 2.00 bits per heavy atom. The summed E-state index contributed by atoms with van der Waals surface area (Å²) in [6, 6.07) is 10.8. The minimum absolute atomic E-state index is 0.0459. The van der Waals surface area contributed by atoms with Gasteiger partial charge in [0.2, 0.25) is 0 Å². The first-order valence-corrected chi connectivity index (χ1v) is 6.72. The van der Waals surface area contributed by atoms with Gasteiger partial charge >= 0.3 is 0 Å². The van der Waals surface area contributed by atoms with Crippen molar-refractivity contribution >= 4 is 33.4 Å². The van der Waals surface area contributed by atoms with Crippen molar-refractivity contribution in [3.8, 4) is 11.5 Å². The van der Waals surface area contributed by atoms with Crippen LogP contribution in [0, 0.1) is 12.3 Å². The Morgan fingerprint density at radius 1 is 1.26 bits per heavy atom. The number of nitrogen functional groups attached to an aromatic ring is 1. The number of benzene rings is 2. The fraction of sp³-hybridized carbons (Fsp3) is 0.0714. The average Bonchev–Trinajstić information content (AvgIpc) is 2.33. The van der Waals surface area contributed by atoms with E-state index in [2.05, 4.69) is 15.9 Å². The zero-order valence-electron chi connectivity index (χ0n) is 10.2. The zero-order chi connectivity index (χ0) is 14.0. The van der Waals surface area contributed by atoms with Crippen molar-refractivity contribution in [1.82, 2.24) is 0 Å². The first-order chi connectivity index (χ1) is 8.97. The summed E-state index contributed by atoms with van der Waals surface area (Å²) in [6.45, 7) is 1.88. The Morgan fingerprint density at radius 3 is 2.63 bits per heavy atom. The third-order valence-corrected chi connectivity index (χ3v) is 3.41. The Balaban J connectivity index is 2.31.